The van der Waals surface area contributed by atoms with Gasteiger partial charge in [-0.3, -0.25) is 10.2 Å². The Morgan fingerprint density at radius 3 is 3.08 bits per heavy atom. The van der Waals surface area contributed by atoms with Crippen LogP contribution in [0.1, 0.15) is 6.92 Å². The highest BCUT2D eigenvalue weighted by Gasteiger charge is 2.29. The molecule has 4 heteroatoms. The fourth-order valence-corrected chi connectivity index (χ4v) is 1.34. The molecule has 2 aliphatic rings. The Morgan fingerprint density at radius 2 is 2.33 bits per heavy atom. The van der Waals surface area contributed by atoms with Crippen LogP contribution in [0.5, 0.6) is 0 Å². The summed E-state index contributed by atoms with van der Waals surface area (Å²) in [5.74, 6) is 0. The molecule has 0 fully saturated rings. The van der Waals surface area contributed by atoms with E-state index in [-0.39, 0.29) is 6.04 Å². The molecule has 64 valence electrons. The van der Waals surface area contributed by atoms with Crippen molar-refractivity contribution in [1.29, 1.82) is 0 Å². The van der Waals surface area contributed by atoms with Gasteiger partial charge in [0.1, 0.15) is 0 Å². The van der Waals surface area contributed by atoms with Gasteiger partial charge in [0.05, 0.1) is 24.0 Å². The molecule has 0 bridgehead atoms. The van der Waals surface area contributed by atoms with Crippen molar-refractivity contribution in [3.05, 3.63) is 23.5 Å². The molecule has 0 aromatic rings. The van der Waals surface area contributed by atoms with Gasteiger partial charge in [-0.15, -0.1) is 0 Å². The summed E-state index contributed by atoms with van der Waals surface area (Å²) >= 11 is 0. The molecule has 0 radical (unpaired) electrons. The Hall–Kier alpha value is -1.13. The molecule has 2 rings (SSSR count). The molecule has 0 amide bonds. The molecule has 0 aromatic carbocycles. The first-order valence-corrected chi connectivity index (χ1v) is 3.82. The summed E-state index contributed by atoms with van der Waals surface area (Å²) in [6.45, 7) is 1.75. The van der Waals surface area contributed by atoms with E-state index in [0.29, 0.717) is 5.70 Å². The first kappa shape index (κ1) is 7.52. The minimum atomic E-state index is -0.633. The standard InChI is InChI=1S/C8H10N2O2/c1-5-8(11)2-6-3-9-4-7(6)10(5)12/h2-5,8,11-12H,1H3. The second-order valence-corrected chi connectivity index (χ2v) is 2.99. The SMILES string of the molecule is CC1C(O)C=C2C=NC=C2N1O. The van der Waals surface area contributed by atoms with Crippen LogP contribution in [0, 0.1) is 0 Å². The van der Waals surface area contributed by atoms with Gasteiger partial charge in [-0.2, -0.15) is 0 Å². The van der Waals surface area contributed by atoms with Gasteiger partial charge in [-0.25, -0.2) is 5.06 Å². The van der Waals surface area contributed by atoms with Gasteiger partial charge in [0.2, 0.25) is 0 Å². The third-order valence-electron chi connectivity index (χ3n) is 2.18. The van der Waals surface area contributed by atoms with E-state index >= 15 is 0 Å². The summed E-state index contributed by atoms with van der Waals surface area (Å²) in [5, 5.41) is 20.0. The quantitative estimate of drug-likeness (QED) is 0.544. The number of aliphatic imine (C=N–C) groups is 1. The molecule has 2 unspecified atom stereocenters. The van der Waals surface area contributed by atoms with Gasteiger partial charge in [0, 0.05) is 11.8 Å². The number of fused-ring (bicyclic) bond motifs is 1. The van der Waals surface area contributed by atoms with Crippen molar-refractivity contribution in [2.45, 2.75) is 19.1 Å². The number of hydrogen-bond acceptors (Lipinski definition) is 4. The summed E-state index contributed by atoms with van der Waals surface area (Å²) < 4.78 is 0. The number of rotatable bonds is 0. The minimum absolute atomic E-state index is 0.304. The highest BCUT2D eigenvalue weighted by atomic mass is 16.5. The molecule has 4 nitrogen and oxygen atoms in total. The molecule has 12 heavy (non-hydrogen) atoms. The summed E-state index contributed by atoms with van der Waals surface area (Å²) in [5.41, 5.74) is 1.44. The van der Waals surface area contributed by atoms with Crippen LogP contribution in [0.15, 0.2) is 28.5 Å². The predicted molar refractivity (Wildman–Crippen MR) is 43.8 cm³/mol. The third kappa shape index (κ3) is 0.888. The molecule has 0 saturated heterocycles. The number of hydroxylamine groups is 2. The van der Waals surface area contributed by atoms with Crippen molar-refractivity contribution in [3.63, 3.8) is 0 Å². The van der Waals surface area contributed by atoms with Crippen LogP contribution in [-0.2, 0) is 0 Å². The van der Waals surface area contributed by atoms with Gasteiger partial charge < -0.3 is 5.11 Å². The van der Waals surface area contributed by atoms with Gasteiger partial charge in [-0.05, 0) is 13.0 Å². The van der Waals surface area contributed by atoms with Crippen LogP contribution in [0.3, 0.4) is 0 Å². The van der Waals surface area contributed by atoms with Crippen molar-refractivity contribution in [2.24, 2.45) is 4.99 Å². The van der Waals surface area contributed by atoms with Gasteiger partial charge in [0.15, 0.2) is 0 Å². The topological polar surface area (TPSA) is 56.1 Å². The van der Waals surface area contributed by atoms with Crippen LogP contribution >= 0.6 is 0 Å². The lowest BCUT2D eigenvalue weighted by Crippen LogP contribution is -2.41. The molecule has 2 N–H and O–H groups in total. The monoisotopic (exact) mass is 166 g/mol. The van der Waals surface area contributed by atoms with E-state index in [1.165, 1.54) is 0 Å². The molecule has 2 heterocycles. The van der Waals surface area contributed by atoms with E-state index in [0.717, 1.165) is 10.6 Å². The lowest BCUT2D eigenvalue weighted by molar-refractivity contribution is -0.113. The summed E-state index contributed by atoms with van der Waals surface area (Å²) in [7, 11) is 0. The van der Waals surface area contributed by atoms with Crippen LogP contribution in [0.2, 0.25) is 0 Å². The fraction of sp³-hybridized carbons (Fsp3) is 0.375. The third-order valence-corrected chi connectivity index (χ3v) is 2.18. The Morgan fingerprint density at radius 1 is 1.58 bits per heavy atom. The van der Waals surface area contributed by atoms with E-state index < -0.39 is 6.10 Å². The van der Waals surface area contributed by atoms with E-state index in [9.17, 15) is 10.3 Å². The summed E-state index contributed by atoms with van der Waals surface area (Å²) in [6, 6.07) is -0.304. The molecule has 2 atom stereocenters. The molecule has 0 aliphatic carbocycles. The average molecular weight is 166 g/mol. The maximum absolute atomic E-state index is 9.50. The smallest absolute Gasteiger partial charge is 0.0956 e. The van der Waals surface area contributed by atoms with E-state index in [1.807, 2.05) is 0 Å². The maximum atomic E-state index is 9.50. The van der Waals surface area contributed by atoms with Crippen molar-refractivity contribution >= 4 is 6.21 Å². The van der Waals surface area contributed by atoms with Gasteiger partial charge in [0.25, 0.3) is 0 Å². The Kier molecular flexibility index (Phi) is 1.52. The number of aliphatic hydroxyl groups is 1. The van der Waals surface area contributed by atoms with Crippen LogP contribution in [-0.4, -0.2) is 33.7 Å². The Balaban J connectivity index is 2.40. The van der Waals surface area contributed by atoms with Crippen LogP contribution in [0.4, 0.5) is 0 Å². The highest BCUT2D eigenvalue weighted by Crippen LogP contribution is 2.26. The summed E-state index contributed by atoms with van der Waals surface area (Å²) in [6.07, 6.45) is 4.26. The van der Waals surface area contributed by atoms with Gasteiger partial charge >= 0.3 is 0 Å². The number of nitrogens with zero attached hydrogens (tertiary/aromatic N) is 2. The zero-order valence-corrected chi connectivity index (χ0v) is 6.68. The molecular formula is C8H10N2O2. The van der Waals surface area contributed by atoms with Crippen molar-refractivity contribution in [2.75, 3.05) is 0 Å². The number of hydrogen-bond donors (Lipinski definition) is 2. The normalized spacial score (nSPS) is 33.1. The molecule has 0 spiro atoms. The lowest BCUT2D eigenvalue weighted by Gasteiger charge is -2.32. The average Bonchev–Trinajstić information content (AvgIpc) is 2.48. The van der Waals surface area contributed by atoms with E-state index in [4.69, 9.17) is 0 Å². The van der Waals surface area contributed by atoms with Gasteiger partial charge in [-0.1, -0.05) is 0 Å². The molecule has 2 aliphatic heterocycles. The minimum Gasteiger partial charge on any atom is -0.387 e. The van der Waals surface area contributed by atoms with Crippen LogP contribution in [0.25, 0.3) is 0 Å². The fourth-order valence-electron chi connectivity index (χ4n) is 1.34. The lowest BCUT2D eigenvalue weighted by atomic mass is 10.0. The second-order valence-electron chi connectivity index (χ2n) is 2.99. The molecule has 0 aromatic heterocycles. The molecule has 0 saturated carbocycles. The molecular weight excluding hydrogens is 156 g/mol. The second kappa shape index (κ2) is 2.43. The zero-order chi connectivity index (χ0) is 8.72. The van der Waals surface area contributed by atoms with Crippen LogP contribution < -0.4 is 0 Å². The number of aliphatic hydroxyl groups excluding tert-OH is 1. The van der Waals surface area contributed by atoms with Crippen molar-refractivity contribution < 1.29 is 10.3 Å². The highest BCUT2D eigenvalue weighted by molar-refractivity contribution is 5.88. The Bertz CT molecular complexity index is 293. The van der Waals surface area contributed by atoms with Crippen molar-refractivity contribution in [3.8, 4) is 0 Å². The zero-order valence-electron chi connectivity index (χ0n) is 6.68. The van der Waals surface area contributed by atoms with E-state index in [1.54, 1.807) is 25.4 Å². The maximum Gasteiger partial charge on any atom is 0.0956 e. The number of allylic oxidation sites excluding steroid dienone is 1. The van der Waals surface area contributed by atoms with E-state index in [2.05, 4.69) is 4.99 Å². The largest absolute Gasteiger partial charge is 0.387 e. The predicted octanol–water partition coefficient (Wildman–Crippen LogP) is 0.293. The first-order valence-electron chi connectivity index (χ1n) is 3.82. The summed E-state index contributed by atoms with van der Waals surface area (Å²) in [4.78, 5) is 3.88. The van der Waals surface area contributed by atoms with Crippen molar-refractivity contribution in [1.82, 2.24) is 5.06 Å². The first-order chi connectivity index (χ1) is 5.70. The Labute approximate surface area is 70.1 Å².